The van der Waals surface area contributed by atoms with Crippen molar-refractivity contribution in [1.82, 2.24) is 9.97 Å². The molecular weight excluding hydrogens is 378 g/mol. The van der Waals surface area contributed by atoms with Crippen molar-refractivity contribution in [2.45, 2.75) is 6.92 Å². The summed E-state index contributed by atoms with van der Waals surface area (Å²) in [6.45, 7) is 1.68. The molecule has 0 fully saturated rings. The highest BCUT2D eigenvalue weighted by atomic mass is 32.1. The maximum atomic E-state index is 12.2. The van der Waals surface area contributed by atoms with Crippen LogP contribution in [0.15, 0.2) is 63.9 Å². The van der Waals surface area contributed by atoms with E-state index in [2.05, 4.69) is 15.3 Å². The minimum absolute atomic E-state index is 0.194. The zero-order valence-electron chi connectivity index (χ0n) is 14.8. The molecule has 1 N–H and O–H groups in total. The Morgan fingerprint density at radius 2 is 2.07 bits per heavy atom. The van der Waals surface area contributed by atoms with Crippen LogP contribution in [-0.4, -0.2) is 22.5 Å². The predicted octanol–water partition coefficient (Wildman–Crippen LogP) is 3.64. The topological polar surface area (TPSA) is 94.3 Å². The molecule has 0 atom stereocenters. The number of nitrogens with one attached hydrogen (secondary N) is 1. The van der Waals surface area contributed by atoms with Gasteiger partial charge in [0.1, 0.15) is 11.3 Å². The maximum Gasteiger partial charge on any atom is 0.336 e. The van der Waals surface area contributed by atoms with E-state index in [1.165, 1.54) is 17.4 Å². The lowest BCUT2D eigenvalue weighted by molar-refractivity contribution is -0.118. The smallest absolute Gasteiger partial charge is 0.336 e. The molecule has 0 bridgehead atoms. The molecule has 0 unspecified atom stereocenters. The lowest BCUT2D eigenvalue weighted by Gasteiger charge is -2.06. The van der Waals surface area contributed by atoms with E-state index in [1.54, 1.807) is 30.5 Å². The fourth-order valence-electron chi connectivity index (χ4n) is 2.62. The quantitative estimate of drug-likeness (QED) is 0.520. The number of amides is 1. The number of carbonyl (C=O) groups is 1. The van der Waals surface area contributed by atoms with Crippen LogP contribution in [0.25, 0.3) is 21.5 Å². The van der Waals surface area contributed by atoms with Gasteiger partial charge in [0, 0.05) is 23.7 Å². The summed E-state index contributed by atoms with van der Waals surface area (Å²) in [6.07, 6.45) is 1.71. The van der Waals surface area contributed by atoms with E-state index in [4.69, 9.17) is 9.15 Å². The summed E-state index contributed by atoms with van der Waals surface area (Å²) in [6, 6.07) is 13.7. The average molecular weight is 393 g/mol. The van der Waals surface area contributed by atoms with E-state index in [0.717, 1.165) is 21.7 Å². The summed E-state index contributed by atoms with van der Waals surface area (Å²) in [5.41, 5.74) is 1.57. The molecular formula is C20H15N3O4S. The Balaban J connectivity index is 1.42. The zero-order valence-corrected chi connectivity index (χ0v) is 15.7. The monoisotopic (exact) mass is 393 g/mol. The lowest BCUT2D eigenvalue weighted by Crippen LogP contribution is -2.20. The standard InChI is InChI=1S/C20H15N3O4S/c1-12-19(15-4-2-3-9-21-15)28-20(22-12)23-17(24)11-26-14-7-5-13-6-8-18(25)27-16(13)10-14/h2-10H,11H2,1H3,(H,22,23,24). The van der Waals surface area contributed by atoms with Crippen molar-refractivity contribution in [2.75, 3.05) is 11.9 Å². The van der Waals surface area contributed by atoms with Gasteiger partial charge >= 0.3 is 5.63 Å². The molecule has 4 aromatic rings. The molecule has 3 heterocycles. The number of ether oxygens (including phenoxy) is 1. The Kier molecular flexibility index (Phi) is 4.86. The van der Waals surface area contributed by atoms with E-state index in [1.807, 2.05) is 25.1 Å². The number of fused-ring (bicyclic) bond motifs is 1. The van der Waals surface area contributed by atoms with Crippen molar-refractivity contribution in [3.63, 3.8) is 0 Å². The molecule has 0 aliphatic heterocycles. The van der Waals surface area contributed by atoms with Gasteiger partial charge in [-0.15, -0.1) is 0 Å². The van der Waals surface area contributed by atoms with Gasteiger partial charge in [-0.3, -0.25) is 15.1 Å². The Hall–Kier alpha value is -3.52. The second-order valence-electron chi connectivity index (χ2n) is 5.94. The number of nitrogens with zero attached hydrogens (tertiary/aromatic N) is 2. The Labute approximate surface area is 163 Å². The average Bonchev–Trinajstić information content (AvgIpc) is 3.06. The minimum atomic E-state index is -0.440. The van der Waals surface area contributed by atoms with E-state index >= 15 is 0 Å². The second-order valence-corrected chi connectivity index (χ2v) is 6.94. The number of anilines is 1. The normalized spacial score (nSPS) is 10.8. The van der Waals surface area contributed by atoms with Gasteiger partial charge in [0.05, 0.1) is 16.3 Å². The van der Waals surface area contributed by atoms with Gasteiger partial charge in [0.15, 0.2) is 11.7 Å². The van der Waals surface area contributed by atoms with Crippen LogP contribution in [0.5, 0.6) is 5.75 Å². The second kappa shape index (κ2) is 7.61. The minimum Gasteiger partial charge on any atom is -0.484 e. The zero-order chi connectivity index (χ0) is 19.5. The van der Waals surface area contributed by atoms with E-state index < -0.39 is 5.63 Å². The molecule has 0 spiro atoms. The van der Waals surface area contributed by atoms with Crippen molar-refractivity contribution in [2.24, 2.45) is 0 Å². The first-order valence-corrected chi connectivity index (χ1v) is 9.25. The highest BCUT2D eigenvalue weighted by Crippen LogP contribution is 2.31. The summed E-state index contributed by atoms with van der Waals surface area (Å²) < 4.78 is 10.6. The first-order valence-electron chi connectivity index (χ1n) is 8.44. The third-order valence-corrected chi connectivity index (χ3v) is 5.00. The molecule has 1 amide bonds. The molecule has 8 heteroatoms. The van der Waals surface area contributed by atoms with Gasteiger partial charge in [-0.25, -0.2) is 9.78 Å². The molecule has 0 saturated carbocycles. The highest BCUT2D eigenvalue weighted by Gasteiger charge is 2.13. The first-order chi connectivity index (χ1) is 13.6. The number of pyridine rings is 1. The SMILES string of the molecule is Cc1nc(NC(=O)COc2ccc3ccc(=O)oc3c2)sc1-c1ccccn1. The number of aromatic nitrogens is 2. The number of hydrogen-bond acceptors (Lipinski definition) is 7. The fourth-order valence-corrected chi connectivity index (χ4v) is 3.58. The maximum absolute atomic E-state index is 12.2. The third kappa shape index (κ3) is 3.91. The Morgan fingerprint density at radius 3 is 2.89 bits per heavy atom. The van der Waals surface area contributed by atoms with Crippen LogP contribution in [0.1, 0.15) is 5.69 Å². The fraction of sp³-hybridized carbons (Fsp3) is 0.100. The van der Waals surface area contributed by atoms with Gasteiger partial charge in [0.25, 0.3) is 5.91 Å². The van der Waals surface area contributed by atoms with Crippen molar-refractivity contribution < 1.29 is 13.9 Å². The largest absolute Gasteiger partial charge is 0.484 e. The van der Waals surface area contributed by atoms with E-state index in [9.17, 15) is 9.59 Å². The highest BCUT2D eigenvalue weighted by molar-refractivity contribution is 7.19. The number of benzene rings is 1. The first kappa shape index (κ1) is 17.9. The van der Waals surface area contributed by atoms with Gasteiger partial charge in [-0.2, -0.15) is 0 Å². The number of carbonyl (C=O) groups excluding carboxylic acids is 1. The van der Waals surface area contributed by atoms with Crippen LogP contribution in [0.2, 0.25) is 0 Å². The molecule has 0 radical (unpaired) electrons. The molecule has 0 aliphatic carbocycles. The van der Waals surface area contributed by atoms with Crippen LogP contribution in [0.3, 0.4) is 0 Å². The van der Waals surface area contributed by atoms with Crippen LogP contribution in [-0.2, 0) is 4.79 Å². The van der Waals surface area contributed by atoms with E-state index in [-0.39, 0.29) is 12.5 Å². The molecule has 0 saturated heterocycles. The molecule has 3 aromatic heterocycles. The molecule has 4 rings (SSSR count). The summed E-state index contributed by atoms with van der Waals surface area (Å²) >= 11 is 1.36. The Morgan fingerprint density at radius 1 is 1.21 bits per heavy atom. The molecule has 0 aliphatic rings. The van der Waals surface area contributed by atoms with Crippen LogP contribution >= 0.6 is 11.3 Å². The molecule has 140 valence electrons. The summed E-state index contributed by atoms with van der Waals surface area (Å²) in [4.78, 5) is 33.1. The van der Waals surface area contributed by atoms with Crippen molar-refractivity contribution in [1.29, 1.82) is 0 Å². The molecule has 1 aromatic carbocycles. The van der Waals surface area contributed by atoms with Crippen molar-refractivity contribution >= 4 is 33.3 Å². The van der Waals surface area contributed by atoms with Crippen molar-refractivity contribution in [3.8, 4) is 16.3 Å². The number of hydrogen-bond donors (Lipinski definition) is 1. The predicted molar refractivity (Wildman–Crippen MR) is 107 cm³/mol. The third-order valence-electron chi connectivity index (χ3n) is 3.90. The van der Waals surface area contributed by atoms with Crippen molar-refractivity contribution in [3.05, 3.63) is 70.8 Å². The van der Waals surface area contributed by atoms with Gasteiger partial charge in [0.2, 0.25) is 0 Å². The van der Waals surface area contributed by atoms with Gasteiger partial charge in [-0.1, -0.05) is 17.4 Å². The van der Waals surface area contributed by atoms with Gasteiger partial charge < -0.3 is 9.15 Å². The summed E-state index contributed by atoms with van der Waals surface area (Å²) in [5.74, 6) is 0.0948. The number of rotatable bonds is 5. The number of thiazole rings is 1. The number of aryl methyl sites for hydroxylation is 1. The van der Waals surface area contributed by atoms with Crippen LogP contribution < -0.4 is 15.7 Å². The van der Waals surface area contributed by atoms with E-state index in [0.29, 0.717) is 16.5 Å². The Bertz CT molecular complexity index is 1200. The van der Waals surface area contributed by atoms with Gasteiger partial charge in [-0.05, 0) is 37.3 Å². The van der Waals surface area contributed by atoms with Crippen LogP contribution in [0.4, 0.5) is 5.13 Å². The summed E-state index contributed by atoms with van der Waals surface area (Å²) in [7, 11) is 0. The lowest BCUT2D eigenvalue weighted by atomic mass is 10.2. The summed E-state index contributed by atoms with van der Waals surface area (Å²) in [5, 5.41) is 3.99. The molecule has 7 nitrogen and oxygen atoms in total. The molecule has 28 heavy (non-hydrogen) atoms. The van der Waals surface area contributed by atoms with Crippen LogP contribution in [0, 0.1) is 6.92 Å².